The third kappa shape index (κ3) is 3.57. The predicted octanol–water partition coefficient (Wildman–Crippen LogP) is 3.24. The molecule has 1 aliphatic rings. The summed E-state index contributed by atoms with van der Waals surface area (Å²) in [7, 11) is 0. The van der Waals surface area contributed by atoms with Gasteiger partial charge in [0.15, 0.2) is 0 Å². The van der Waals surface area contributed by atoms with Crippen LogP contribution in [0.5, 0.6) is 0 Å². The molecule has 1 heterocycles. The van der Waals surface area contributed by atoms with Crippen LogP contribution in [0.1, 0.15) is 33.9 Å². The van der Waals surface area contributed by atoms with Gasteiger partial charge in [0.05, 0.1) is 18.0 Å². The van der Waals surface area contributed by atoms with Gasteiger partial charge in [-0.05, 0) is 17.7 Å². The molecule has 0 saturated carbocycles. The summed E-state index contributed by atoms with van der Waals surface area (Å²) in [6, 6.07) is 0.444. The minimum atomic E-state index is -4.80. The molecule has 0 bridgehead atoms. The van der Waals surface area contributed by atoms with E-state index in [1.54, 1.807) is 0 Å². The van der Waals surface area contributed by atoms with Crippen LogP contribution in [0, 0.1) is 0 Å². The summed E-state index contributed by atoms with van der Waals surface area (Å²) in [5.41, 5.74) is -1.91. The van der Waals surface area contributed by atoms with E-state index in [2.05, 4.69) is 0 Å². The third-order valence-electron chi connectivity index (χ3n) is 3.32. The fourth-order valence-corrected chi connectivity index (χ4v) is 2.43. The summed E-state index contributed by atoms with van der Waals surface area (Å²) in [5, 5.41) is 8.79. The van der Waals surface area contributed by atoms with Crippen LogP contribution in [-0.4, -0.2) is 34.6 Å². The summed E-state index contributed by atoms with van der Waals surface area (Å²) in [5.74, 6) is -2.74. The smallest absolute Gasteiger partial charge is 0.416 e. The highest BCUT2D eigenvalue weighted by atomic mass is 19.4. The zero-order valence-electron chi connectivity index (χ0n) is 11.2. The van der Waals surface area contributed by atoms with Crippen molar-refractivity contribution in [3.8, 4) is 0 Å². The van der Waals surface area contributed by atoms with Gasteiger partial charge in [0.2, 0.25) is 0 Å². The van der Waals surface area contributed by atoms with E-state index in [0.29, 0.717) is 12.1 Å². The lowest BCUT2D eigenvalue weighted by Crippen LogP contribution is -2.37. The van der Waals surface area contributed by atoms with Crippen molar-refractivity contribution in [3.05, 3.63) is 34.9 Å². The van der Waals surface area contributed by atoms with Crippen molar-refractivity contribution in [2.24, 2.45) is 0 Å². The zero-order valence-corrected chi connectivity index (χ0v) is 11.2. The summed E-state index contributed by atoms with van der Waals surface area (Å²) >= 11 is 0. The van der Waals surface area contributed by atoms with Gasteiger partial charge in [-0.3, -0.25) is 9.59 Å². The van der Waals surface area contributed by atoms with Crippen LogP contribution >= 0.6 is 0 Å². The molecular weight excluding hydrogens is 332 g/mol. The Morgan fingerprint density at radius 1 is 1.17 bits per heavy atom. The Morgan fingerprint density at radius 2 is 1.78 bits per heavy atom. The number of alkyl halides is 6. The van der Waals surface area contributed by atoms with Crippen LogP contribution in [0.2, 0.25) is 0 Å². The van der Waals surface area contributed by atoms with E-state index in [1.165, 1.54) is 0 Å². The molecule has 0 aliphatic carbocycles. The van der Waals surface area contributed by atoms with Crippen molar-refractivity contribution in [2.75, 3.05) is 6.54 Å². The molecule has 0 aromatic heterocycles. The highest BCUT2D eigenvalue weighted by Gasteiger charge is 2.45. The number of carbonyl (C=O) groups is 2. The molecule has 0 fully saturated rings. The SMILES string of the molecule is O=C(O)CC1c2ccc(C(F)(F)F)cc2C(=O)N1CC(F)(F)F. The van der Waals surface area contributed by atoms with E-state index < -0.39 is 54.4 Å². The lowest BCUT2D eigenvalue weighted by Gasteiger charge is -2.25. The van der Waals surface area contributed by atoms with Gasteiger partial charge in [-0.25, -0.2) is 0 Å². The van der Waals surface area contributed by atoms with Crippen molar-refractivity contribution < 1.29 is 41.0 Å². The second kappa shape index (κ2) is 5.43. The Hall–Kier alpha value is -2.26. The molecular formula is C13H9F6NO3. The first-order valence-corrected chi connectivity index (χ1v) is 6.21. The number of rotatable bonds is 3. The molecule has 0 radical (unpaired) electrons. The molecule has 23 heavy (non-hydrogen) atoms. The van der Waals surface area contributed by atoms with E-state index in [9.17, 15) is 35.9 Å². The molecule has 1 aromatic rings. The van der Waals surface area contributed by atoms with Crippen molar-refractivity contribution in [1.29, 1.82) is 0 Å². The van der Waals surface area contributed by atoms with Gasteiger partial charge in [-0.1, -0.05) is 6.07 Å². The molecule has 0 spiro atoms. The first kappa shape index (κ1) is 17.1. The van der Waals surface area contributed by atoms with E-state index in [1.807, 2.05) is 0 Å². The third-order valence-corrected chi connectivity index (χ3v) is 3.32. The average Bonchev–Trinajstić information content (AvgIpc) is 2.61. The number of hydrogen-bond donors (Lipinski definition) is 1. The Labute approximate surface area is 125 Å². The second-order valence-electron chi connectivity index (χ2n) is 4.96. The first-order valence-electron chi connectivity index (χ1n) is 6.21. The molecule has 0 saturated heterocycles. The Morgan fingerprint density at radius 3 is 2.26 bits per heavy atom. The van der Waals surface area contributed by atoms with Crippen LogP contribution in [0.3, 0.4) is 0 Å². The first-order chi connectivity index (χ1) is 10.4. The molecule has 126 valence electrons. The molecule has 1 aliphatic heterocycles. The number of fused-ring (bicyclic) bond motifs is 1. The second-order valence-corrected chi connectivity index (χ2v) is 4.96. The Kier molecular flexibility index (Phi) is 4.03. The predicted molar refractivity (Wildman–Crippen MR) is 63.5 cm³/mol. The van der Waals surface area contributed by atoms with E-state index in [0.717, 1.165) is 6.07 Å². The highest BCUT2D eigenvalue weighted by molar-refractivity contribution is 6.00. The van der Waals surface area contributed by atoms with Crippen LogP contribution < -0.4 is 0 Å². The van der Waals surface area contributed by atoms with Crippen LogP contribution in [0.25, 0.3) is 0 Å². The number of carbonyl (C=O) groups excluding carboxylic acids is 1. The molecule has 1 amide bonds. The molecule has 4 nitrogen and oxygen atoms in total. The number of amides is 1. The number of nitrogens with zero attached hydrogens (tertiary/aromatic N) is 1. The summed E-state index contributed by atoms with van der Waals surface area (Å²) < 4.78 is 75.7. The van der Waals surface area contributed by atoms with Crippen LogP contribution in [0.15, 0.2) is 18.2 Å². The quantitative estimate of drug-likeness (QED) is 0.859. The maximum absolute atomic E-state index is 12.7. The largest absolute Gasteiger partial charge is 0.481 e. The van der Waals surface area contributed by atoms with Crippen LogP contribution in [-0.2, 0) is 11.0 Å². The van der Waals surface area contributed by atoms with Gasteiger partial charge in [-0.15, -0.1) is 0 Å². The summed E-state index contributed by atoms with van der Waals surface area (Å²) in [6.45, 7) is -1.74. The maximum Gasteiger partial charge on any atom is 0.416 e. The van der Waals surface area contributed by atoms with Crippen molar-refractivity contribution in [3.63, 3.8) is 0 Å². The fraction of sp³-hybridized carbons (Fsp3) is 0.385. The Bertz CT molecular complexity index is 652. The zero-order chi connectivity index (χ0) is 17.6. The molecule has 10 heteroatoms. The normalized spacial score (nSPS) is 18.3. The average molecular weight is 341 g/mol. The Balaban J connectivity index is 2.48. The molecule has 1 aromatic carbocycles. The number of carboxylic acids is 1. The van der Waals surface area contributed by atoms with Gasteiger partial charge in [0.1, 0.15) is 6.54 Å². The molecule has 1 N–H and O–H groups in total. The van der Waals surface area contributed by atoms with Gasteiger partial charge in [0, 0.05) is 5.56 Å². The van der Waals surface area contributed by atoms with E-state index in [4.69, 9.17) is 5.11 Å². The number of halogens is 6. The van der Waals surface area contributed by atoms with Crippen molar-refractivity contribution in [2.45, 2.75) is 24.8 Å². The monoisotopic (exact) mass is 341 g/mol. The summed E-state index contributed by atoms with van der Waals surface area (Å²) in [4.78, 5) is 23.1. The van der Waals surface area contributed by atoms with Crippen molar-refractivity contribution >= 4 is 11.9 Å². The minimum absolute atomic E-state index is 0.158. The lowest BCUT2D eigenvalue weighted by molar-refractivity contribution is -0.149. The highest BCUT2D eigenvalue weighted by Crippen LogP contribution is 2.40. The maximum atomic E-state index is 12.7. The van der Waals surface area contributed by atoms with Gasteiger partial charge < -0.3 is 10.0 Å². The number of benzene rings is 1. The molecule has 1 atom stereocenters. The summed E-state index contributed by atoms with van der Waals surface area (Å²) in [6.07, 6.45) is -10.4. The molecule has 2 rings (SSSR count). The van der Waals surface area contributed by atoms with Gasteiger partial charge in [-0.2, -0.15) is 26.3 Å². The van der Waals surface area contributed by atoms with E-state index in [-0.39, 0.29) is 10.5 Å². The van der Waals surface area contributed by atoms with Crippen LogP contribution in [0.4, 0.5) is 26.3 Å². The van der Waals surface area contributed by atoms with Gasteiger partial charge in [0.25, 0.3) is 5.91 Å². The number of hydrogen-bond acceptors (Lipinski definition) is 2. The topological polar surface area (TPSA) is 57.6 Å². The number of carboxylic acid groups (broad SMARTS) is 1. The van der Waals surface area contributed by atoms with Crippen molar-refractivity contribution in [1.82, 2.24) is 4.90 Å². The number of aliphatic carboxylic acids is 1. The molecule has 1 unspecified atom stereocenters. The lowest BCUT2D eigenvalue weighted by atomic mass is 9.99. The van der Waals surface area contributed by atoms with E-state index >= 15 is 0 Å². The van der Waals surface area contributed by atoms with Gasteiger partial charge >= 0.3 is 18.3 Å². The fourth-order valence-electron chi connectivity index (χ4n) is 2.43. The standard InChI is InChI=1S/C13H9F6NO3/c14-12(15,16)5-20-9(4-10(21)22)7-2-1-6(13(17,18)19)3-8(7)11(20)23/h1-3,9H,4-5H2,(H,21,22). The minimum Gasteiger partial charge on any atom is -0.481 e.